The van der Waals surface area contributed by atoms with Gasteiger partial charge in [0, 0.05) is 32.3 Å². The number of nitrogens with one attached hydrogen (secondary N) is 2. The molecular weight excluding hydrogens is 286 g/mol. The number of hydrogen-bond donors (Lipinski definition) is 3. The second kappa shape index (κ2) is 9.75. The highest BCUT2D eigenvalue weighted by molar-refractivity contribution is 5.88. The van der Waals surface area contributed by atoms with Crippen molar-refractivity contribution in [2.45, 2.75) is 19.4 Å². The van der Waals surface area contributed by atoms with Crippen LogP contribution < -0.4 is 21.1 Å². The van der Waals surface area contributed by atoms with Crippen LogP contribution in [-0.2, 0) is 14.3 Å². The lowest BCUT2D eigenvalue weighted by Gasteiger charge is -2.13. The molecule has 0 fully saturated rings. The molecule has 0 heterocycles. The molecule has 0 bridgehead atoms. The maximum Gasteiger partial charge on any atom is 0.222 e. The molecule has 7 heteroatoms. The van der Waals surface area contributed by atoms with Crippen LogP contribution in [0, 0.1) is 0 Å². The van der Waals surface area contributed by atoms with Crippen LogP contribution in [0.5, 0.6) is 5.75 Å². The van der Waals surface area contributed by atoms with Crippen LogP contribution in [0.2, 0.25) is 0 Å². The van der Waals surface area contributed by atoms with Crippen LogP contribution in [0.25, 0.3) is 0 Å². The molecule has 1 atom stereocenters. The highest BCUT2D eigenvalue weighted by Crippen LogP contribution is 2.16. The average Bonchev–Trinajstić information content (AvgIpc) is 2.49. The molecule has 0 radical (unpaired) electrons. The minimum absolute atomic E-state index is 0.132. The van der Waals surface area contributed by atoms with Crippen molar-refractivity contribution in [1.82, 2.24) is 5.32 Å². The number of nitrogens with two attached hydrogens (primary N) is 1. The summed E-state index contributed by atoms with van der Waals surface area (Å²) in [5, 5.41) is 5.40. The molecule has 122 valence electrons. The van der Waals surface area contributed by atoms with Gasteiger partial charge >= 0.3 is 0 Å². The number of amides is 2. The number of ether oxygens (including phenoxy) is 2. The van der Waals surface area contributed by atoms with Crippen molar-refractivity contribution in [3.63, 3.8) is 0 Å². The van der Waals surface area contributed by atoms with Crippen molar-refractivity contribution in [2.75, 3.05) is 32.1 Å². The molecule has 1 rings (SSSR count). The zero-order valence-electron chi connectivity index (χ0n) is 12.9. The van der Waals surface area contributed by atoms with E-state index in [1.807, 2.05) is 0 Å². The Balaban J connectivity index is 2.29. The molecule has 1 unspecified atom stereocenters. The van der Waals surface area contributed by atoms with Gasteiger partial charge in [-0.1, -0.05) is 6.07 Å². The van der Waals surface area contributed by atoms with Crippen molar-refractivity contribution < 1.29 is 19.1 Å². The van der Waals surface area contributed by atoms with Crippen molar-refractivity contribution in [2.24, 2.45) is 5.73 Å². The fourth-order valence-electron chi connectivity index (χ4n) is 1.77. The predicted molar refractivity (Wildman–Crippen MR) is 83.7 cm³/mol. The average molecular weight is 309 g/mol. The normalized spacial score (nSPS) is 11.6. The van der Waals surface area contributed by atoms with Gasteiger partial charge in [0.1, 0.15) is 12.4 Å². The summed E-state index contributed by atoms with van der Waals surface area (Å²) in [6, 6.07) is 7.05. The molecule has 1 aromatic carbocycles. The maximum atomic E-state index is 11.6. The number of methoxy groups -OCH3 is 1. The summed E-state index contributed by atoms with van der Waals surface area (Å²) in [6.07, 6.45) is -0.0411. The maximum absolute atomic E-state index is 11.6. The van der Waals surface area contributed by atoms with Gasteiger partial charge < -0.3 is 25.8 Å². The van der Waals surface area contributed by atoms with E-state index >= 15 is 0 Å². The van der Waals surface area contributed by atoms with Crippen LogP contribution >= 0.6 is 0 Å². The van der Waals surface area contributed by atoms with E-state index in [0.29, 0.717) is 31.1 Å². The molecule has 0 saturated carbocycles. The standard InChI is InChI=1S/C15H23N3O4/c1-11(19)18-12-4-3-5-13(8-12)22-7-6-17-15(20)9-14(10-16)21-2/h3-5,8,14H,6-7,9-10,16H2,1-2H3,(H,17,20)(H,18,19). The molecule has 0 aromatic heterocycles. The Kier molecular flexibility index (Phi) is 7.95. The summed E-state index contributed by atoms with van der Waals surface area (Å²) < 4.78 is 10.6. The first-order valence-electron chi connectivity index (χ1n) is 7.05. The van der Waals surface area contributed by atoms with E-state index in [4.69, 9.17) is 15.2 Å². The molecule has 0 aliphatic heterocycles. The predicted octanol–water partition coefficient (Wildman–Crippen LogP) is 0.504. The first-order chi connectivity index (χ1) is 10.5. The fraction of sp³-hybridized carbons (Fsp3) is 0.467. The summed E-state index contributed by atoms with van der Waals surface area (Å²) >= 11 is 0. The Morgan fingerprint density at radius 2 is 2.14 bits per heavy atom. The number of hydrogen-bond acceptors (Lipinski definition) is 5. The van der Waals surface area contributed by atoms with E-state index in [1.165, 1.54) is 14.0 Å². The molecule has 1 aromatic rings. The van der Waals surface area contributed by atoms with E-state index in [0.717, 1.165) is 0 Å². The lowest BCUT2D eigenvalue weighted by Crippen LogP contribution is -2.34. The third kappa shape index (κ3) is 7.05. The topological polar surface area (TPSA) is 103 Å². The zero-order chi connectivity index (χ0) is 16.4. The van der Waals surface area contributed by atoms with Gasteiger partial charge in [-0.3, -0.25) is 9.59 Å². The van der Waals surface area contributed by atoms with E-state index in [1.54, 1.807) is 24.3 Å². The Hall–Kier alpha value is -2.12. The zero-order valence-corrected chi connectivity index (χ0v) is 12.9. The van der Waals surface area contributed by atoms with Crippen molar-refractivity contribution in [1.29, 1.82) is 0 Å². The largest absolute Gasteiger partial charge is 0.492 e. The van der Waals surface area contributed by atoms with E-state index in [9.17, 15) is 9.59 Å². The molecule has 7 nitrogen and oxygen atoms in total. The molecule has 0 aliphatic rings. The molecule has 0 spiro atoms. The SMILES string of the molecule is COC(CN)CC(=O)NCCOc1cccc(NC(C)=O)c1. The van der Waals surface area contributed by atoms with Gasteiger partial charge in [0.15, 0.2) is 0 Å². The molecular formula is C15H23N3O4. The van der Waals surface area contributed by atoms with Gasteiger partial charge in [-0.05, 0) is 12.1 Å². The van der Waals surface area contributed by atoms with E-state index in [2.05, 4.69) is 10.6 Å². The smallest absolute Gasteiger partial charge is 0.222 e. The molecule has 2 amide bonds. The first-order valence-corrected chi connectivity index (χ1v) is 7.05. The third-order valence-corrected chi connectivity index (χ3v) is 2.86. The second-order valence-corrected chi connectivity index (χ2v) is 4.70. The van der Waals surface area contributed by atoms with Gasteiger partial charge in [0.05, 0.1) is 19.1 Å². The van der Waals surface area contributed by atoms with Crippen LogP contribution in [0.15, 0.2) is 24.3 Å². The molecule has 0 aliphatic carbocycles. The Labute approximate surface area is 130 Å². The highest BCUT2D eigenvalue weighted by atomic mass is 16.5. The van der Waals surface area contributed by atoms with Crippen LogP contribution in [0.4, 0.5) is 5.69 Å². The Morgan fingerprint density at radius 1 is 1.36 bits per heavy atom. The van der Waals surface area contributed by atoms with Gasteiger partial charge in [0.25, 0.3) is 0 Å². The summed E-state index contributed by atoms with van der Waals surface area (Å²) in [6.45, 7) is 2.45. The number of carbonyl (C=O) groups excluding carboxylic acids is 2. The lowest BCUT2D eigenvalue weighted by atomic mass is 10.2. The Bertz CT molecular complexity index is 489. The minimum Gasteiger partial charge on any atom is -0.492 e. The van der Waals surface area contributed by atoms with E-state index < -0.39 is 0 Å². The van der Waals surface area contributed by atoms with Crippen molar-refractivity contribution in [3.8, 4) is 5.75 Å². The van der Waals surface area contributed by atoms with Crippen LogP contribution in [-0.4, -0.2) is 44.7 Å². The number of anilines is 1. The second-order valence-electron chi connectivity index (χ2n) is 4.70. The monoisotopic (exact) mass is 309 g/mol. The van der Waals surface area contributed by atoms with Crippen molar-refractivity contribution >= 4 is 17.5 Å². The third-order valence-electron chi connectivity index (χ3n) is 2.86. The van der Waals surface area contributed by atoms with Gasteiger partial charge in [-0.2, -0.15) is 0 Å². The number of carbonyl (C=O) groups is 2. The van der Waals surface area contributed by atoms with Gasteiger partial charge in [-0.25, -0.2) is 0 Å². The fourth-order valence-corrected chi connectivity index (χ4v) is 1.77. The highest BCUT2D eigenvalue weighted by Gasteiger charge is 2.10. The van der Waals surface area contributed by atoms with Gasteiger partial charge in [-0.15, -0.1) is 0 Å². The van der Waals surface area contributed by atoms with Gasteiger partial charge in [0.2, 0.25) is 11.8 Å². The minimum atomic E-state index is -0.268. The molecule has 4 N–H and O–H groups in total. The van der Waals surface area contributed by atoms with E-state index in [-0.39, 0.29) is 24.3 Å². The first kappa shape index (κ1) is 17.9. The molecule has 0 saturated heterocycles. The lowest BCUT2D eigenvalue weighted by molar-refractivity contribution is -0.123. The molecule has 22 heavy (non-hydrogen) atoms. The Morgan fingerprint density at radius 3 is 2.77 bits per heavy atom. The summed E-state index contributed by atoms with van der Waals surface area (Å²) in [5.41, 5.74) is 6.12. The van der Waals surface area contributed by atoms with Crippen LogP contribution in [0.3, 0.4) is 0 Å². The summed E-state index contributed by atoms with van der Waals surface area (Å²) in [7, 11) is 1.52. The van der Waals surface area contributed by atoms with Crippen molar-refractivity contribution in [3.05, 3.63) is 24.3 Å². The quantitative estimate of drug-likeness (QED) is 0.577. The van der Waals surface area contributed by atoms with Crippen LogP contribution in [0.1, 0.15) is 13.3 Å². The summed E-state index contributed by atoms with van der Waals surface area (Å²) in [4.78, 5) is 22.6. The number of benzene rings is 1. The summed E-state index contributed by atoms with van der Waals surface area (Å²) in [5.74, 6) is 0.349. The number of rotatable bonds is 9.